The van der Waals surface area contributed by atoms with Crippen molar-refractivity contribution in [3.8, 4) is 0 Å². The van der Waals surface area contributed by atoms with E-state index in [0.29, 0.717) is 0 Å². The molecule has 0 aliphatic rings. The summed E-state index contributed by atoms with van der Waals surface area (Å²) in [7, 11) is 0. The van der Waals surface area contributed by atoms with E-state index >= 15 is 0 Å². The Morgan fingerprint density at radius 2 is 1.84 bits per heavy atom. The molecule has 1 aromatic heterocycles. The molecule has 3 nitrogen and oxygen atoms in total. The minimum absolute atomic E-state index is 0.200. The number of anilines is 1. The summed E-state index contributed by atoms with van der Waals surface area (Å²) in [4.78, 5) is 7.64. The Labute approximate surface area is 110 Å². The number of halogens is 1. The molecule has 0 saturated carbocycles. The van der Waals surface area contributed by atoms with E-state index in [-0.39, 0.29) is 5.82 Å². The zero-order valence-corrected chi connectivity index (χ0v) is 10.4. The molecule has 0 atom stereocenters. The number of aromatic amines is 1. The van der Waals surface area contributed by atoms with E-state index in [9.17, 15) is 4.39 Å². The number of H-pyrrole nitrogens is 1. The van der Waals surface area contributed by atoms with E-state index in [1.165, 1.54) is 12.1 Å². The van der Waals surface area contributed by atoms with E-state index in [0.717, 1.165) is 35.5 Å². The average Bonchev–Trinajstić information content (AvgIpc) is 2.83. The maximum atomic E-state index is 12.8. The Bertz CT molecular complexity index is 640. The zero-order chi connectivity index (χ0) is 13.1. The van der Waals surface area contributed by atoms with Gasteiger partial charge in [0.25, 0.3) is 0 Å². The molecule has 0 spiro atoms. The molecule has 2 aromatic carbocycles. The van der Waals surface area contributed by atoms with E-state index in [1.807, 2.05) is 24.3 Å². The monoisotopic (exact) mass is 255 g/mol. The minimum Gasteiger partial charge on any atom is -0.355 e. The van der Waals surface area contributed by atoms with E-state index < -0.39 is 0 Å². The van der Waals surface area contributed by atoms with Gasteiger partial charge in [0.15, 0.2) is 0 Å². The van der Waals surface area contributed by atoms with Gasteiger partial charge in [-0.1, -0.05) is 24.3 Å². The van der Waals surface area contributed by atoms with E-state index in [1.54, 1.807) is 12.1 Å². The summed E-state index contributed by atoms with van der Waals surface area (Å²) in [5.41, 5.74) is 3.07. The summed E-state index contributed by atoms with van der Waals surface area (Å²) in [5, 5.41) is 3.24. The Hall–Kier alpha value is -2.36. The number of nitrogens with zero attached hydrogens (tertiary/aromatic N) is 1. The highest BCUT2D eigenvalue weighted by atomic mass is 19.1. The van der Waals surface area contributed by atoms with Crippen molar-refractivity contribution in [3.63, 3.8) is 0 Å². The first-order valence-electron chi connectivity index (χ1n) is 6.24. The third-order valence-electron chi connectivity index (χ3n) is 3.01. The van der Waals surface area contributed by atoms with Gasteiger partial charge in [-0.05, 0) is 36.2 Å². The highest BCUT2D eigenvalue weighted by Gasteiger charge is 2.01. The smallest absolute Gasteiger partial charge is 0.201 e. The number of imidazole rings is 1. The molecular weight excluding hydrogens is 241 g/mol. The molecular formula is C15H14FN3. The molecule has 0 unspecified atom stereocenters. The molecule has 3 aromatic rings. The summed E-state index contributed by atoms with van der Waals surface area (Å²) >= 11 is 0. The fraction of sp³-hybridized carbons (Fsp3) is 0.133. The van der Waals surface area contributed by atoms with Crippen molar-refractivity contribution in [2.24, 2.45) is 0 Å². The van der Waals surface area contributed by atoms with Crippen LogP contribution in [-0.4, -0.2) is 16.5 Å². The number of rotatable bonds is 4. The van der Waals surface area contributed by atoms with Gasteiger partial charge in [0.1, 0.15) is 5.82 Å². The first-order chi connectivity index (χ1) is 9.31. The number of fused-ring (bicyclic) bond motifs is 1. The highest BCUT2D eigenvalue weighted by Crippen LogP contribution is 2.13. The number of hydrogen-bond donors (Lipinski definition) is 2. The maximum absolute atomic E-state index is 12.8. The Morgan fingerprint density at radius 3 is 2.63 bits per heavy atom. The van der Waals surface area contributed by atoms with E-state index in [4.69, 9.17) is 0 Å². The molecule has 2 N–H and O–H groups in total. The van der Waals surface area contributed by atoms with Crippen LogP contribution in [0.25, 0.3) is 11.0 Å². The number of para-hydroxylation sites is 2. The molecule has 0 saturated heterocycles. The standard InChI is InChI=1S/C15H14FN3/c16-12-7-5-11(6-8-12)9-10-17-15-18-13-3-1-2-4-14(13)19-15/h1-8H,9-10H2,(H2,17,18,19). The molecule has 0 aliphatic heterocycles. The number of aromatic nitrogens is 2. The second-order valence-corrected chi connectivity index (χ2v) is 4.41. The molecule has 96 valence electrons. The molecule has 3 rings (SSSR count). The second-order valence-electron chi connectivity index (χ2n) is 4.41. The van der Waals surface area contributed by atoms with Gasteiger partial charge in [0.05, 0.1) is 11.0 Å². The third-order valence-corrected chi connectivity index (χ3v) is 3.01. The van der Waals surface area contributed by atoms with Crippen LogP contribution in [0.4, 0.5) is 10.3 Å². The fourth-order valence-electron chi connectivity index (χ4n) is 2.01. The largest absolute Gasteiger partial charge is 0.355 e. The maximum Gasteiger partial charge on any atom is 0.201 e. The Balaban J connectivity index is 1.61. The Morgan fingerprint density at radius 1 is 1.05 bits per heavy atom. The highest BCUT2D eigenvalue weighted by molar-refractivity contribution is 5.77. The van der Waals surface area contributed by atoms with Crippen LogP contribution in [0, 0.1) is 5.82 Å². The van der Waals surface area contributed by atoms with Gasteiger partial charge in [0.2, 0.25) is 5.95 Å². The summed E-state index contributed by atoms with van der Waals surface area (Å²) in [6.07, 6.45) is 0.831. The Kier molecular flexibility index (Phi) is 3.14. The lowest BCUT2D eigenvalue weighted by atomic mass is 10.1. The van der Waals surface area contributed by atoms with Gasteiger partial charge >= 0.3 is 0 Å². The lowest BCUT2D eigenvalue weighted by molar-refractivity contribution is 0.627. The quantitative estimate of drug-likeness (QED) is 0.750. The zero-order valence-electron chi connectivity index (χ0n) is 10.4. The lowest BCUT2D eigenvalue weighted by Crippen LogP contribution is -2.05. The molecule has 0 radical (unpaired) electrons. The van der Waals surface area contributed by atoms with Crippen LogP contribution in [0.15, 0.2) is 48.5 Å². The SMILES string of the molecule is Fc1ccc(CCNc2nc3ccccc3[nH]2)cc1. The number of benzene rings is 2. The summed E-state index contributed by atoms with van der Waals surface area (Å²) in [5.74, 6) is 0.567. The van der Waals surface area contributed by atoms with Gasteiger partial charge in [-0.15, -0.1) is 0 Å². The van der Waals surface area contributed by atoms with Crippen molar-refractivity contribution in [3.05, 3.63) is 59.9 Å². The predicted molar refractivity (Wildman–Crippen MR) is 74.7 cm³/mol. The van der Waals surface area contributed by atoms with Crippen LogP contribution in [-0.2, 0) is 6.42 Å². The van der Waals surface area contributed by atoms with Crippen LogP contribution in [0.3, 0.4) is 0 Å². The molecule has 4 heteroatoms. The molecule has 0 aliphatic carbocycles. The number of hydrogen-bond acceptors (Lipinski definition) is 2. The van der Waals surface area contributed by atoms with Crippen LogP contribution < -0.4 is 5.32 Å². The van der Waals surface area contributed by atoms with Crippen LogP contribution in [0.5, 0.6) is 0 Å². The molecule has 19 heavy (non-hydrogen) atoms. The van der Waals surface area contributed by atoms with Gasteiger partial charge in [-0.3, -0.25) is 0 Å². The minimum atomic E-state index is -0.200. The van der Waals surface area contributed by atoms with Gasteiger partial charge in [0, 0.05) is 6.54 Å². The van der Waals surface area contributed by atoms with Crippen molar-refractivity contribution >= 4 is 17.0 Å². The van der Waals surface area contributed by atoms with Crippen LogP contribution in [0.1, 0.15) is 5.56 Å². The van der Waals surface area contributed by atoms with Gasteiger partial charge in [-0.25, -0.2) is 9.37 Å². The fourth-order valence-corrected chi connectivity index (χ4v) is 2.01. The van der Waals surface area contributed by atoms with Gasteiger partial charge in [-0.2, -0.15) is 0 Å². The molecule has 0 bridgehead atoms. The van der Waals surface area contributed by atoms with Gasteiger partial charge < -0.3 is 10.3 Å². The van der Waals surface area contributed by atoms with Crippen molar-refractivity contribution in [1.29, 1.82) is 0 Å². The van der Waals surface area contributed by atoms with Crippen LogP contribution >= 0.6 is 0 Å². The van der Waals surface area contributed by atoms with Crippen molar-refractivity contribution < 1.29 is 4.39 Å². The summed E-state index contributed by atoms with van der Waals surface area (Å²) in [6, 6.07) is 14.5. The predicted octanol–water partition coefficient (Wildman–Crippen LogP) is 3.36. The molecule has 1 heterocycles. The first kappa shape index (κ1) is 11.7. The summed E-state index contributed by atoms with van der Waals surface area (Å²) in [6.45, 7) is 0.755. The normalized spacial score (nSPS) is 10.8. The molecule has 0 amide bonds. The summed E-state index contributed by atoms with van der Waals surface area (Å²) < 4.78 is 12.8. The lowest BCUT2D eigenvalue weighted by Gasteiger charge is -2.02. The number of nitrogens with one attached hydrogen (secondary N) is 2. The third kappa shape index (κ3) is 2.73. The van der Waals surface area contributed by atoms with Crippen molar-refractivity contribution in [1.82, 2.24) is 9.97 Å². The topological polar surface area (TPSA) is 40.7 Å². The van der Waals surface area contributed by atoms with Crippen molar-refractivity contribution in [2.75, 3.05) is 11.9 Å². The van der Waals surface area contributed by atoms with Crippen molar-refractivity contribution in [2.45, 2.75) is 6.42 Å². The first-order valence-corrected chi connectivity index (χ1v) is 6.24. The van der Waals surface area contributed by atoms with Crippen LogP contribution in [0.2, 0.25) is 0 Å². The average molecular weight is 255 g/mol. The van der Waals surface area contributed by atoms with E-state index in [2.05, 4.69) is 15.3 Å². The molecule has 0 fully saturated rings. The second kappa shape index (κ2) is 5.10.